The number of carbonyl (C=O) groups is 3. The van der Waals surface area contributed by atoms with E-state index in [0.717, 1.165) is 16.3 Å². The van der Waals surface area contributed by atoms with Gasteiger partial charge in [-0.1, -0.05) is 36.4 Å². The number of carboxylic acid groups (broad SMARTS) is 1. The summed E-state index contributed by atoms with van der Waals surface area (Å²) >= 11 is 1.22. The van der Waals surface area contributed by atoms with Crippen molar-refractivity contribution >= 4 is 45.0 Å². The number of benzene rings is 2. The highest BCUT2D eigenvalue weighted by Crippen LogP contribution is 2.45. The number of anilines is 1. The number of nitrogens with one attached hydrogen (secondary N) is 1. The van der Waals surface area contributed by atoms with Crippen LogP contribution in [0.2, 0.25) is 0 Å². The normalized spacial score (nSPS) is 23.9. The summed E-state index contributed by atoms with van der Waals surface area (Å²) in [6.07, 6.45) is 0.444. The quantitative estimate of drug-likeness (QED) is 0.565. The average Bonchev–Trinajstić information content (AvgIpc) is 3.52. The first-order valence-electron chi connectivity index (χ1n) is 10.4. The number of methoxy groups -OCH3 is 1. The third-order valence-corrected chi connectivity index (χ3v) is 7.23. The molecule has 164 valence electrons. The highest BCUT2D eigenvalue weighted by molar-refractivity contribution is 7.15. The minimum absolute atomic E-state index is 0.261. The Bertz CT molecular complexity index is 1230. The van der Waals surface area contributed by atoms with Gasteiger partial charge in [-0.2, -0.15) is 0 Å². The number of hydrogen-bond donors (Lipinski definition) is 2. The van der Waals surface area contributed by atoms with Gasteiger partial charge in [0.2, 0.25) is 5.91 Å². The largest absolute Gasteiger partial charge is 0.481 e. The van der Waals surface area contributed by atoms with Gasteiger partial charge in [-0.25, -0.2) is 4.79 Å². The average molecular weight is 452 g/mol. The number of esters is 1. The van der Waals surface area contributed by atoms with Gasteiger partial charge in [-0.3, -0.25) is 9.59 Å². The summed E-state index contributed by atoms with van der Waals surface area (Å²) < 4.78 is 10.7. The lowest BCUT2D eigenvalue weighted by molar-refractivity contribution is -0.147. The molecule has 2 fully saturated rings. The molecule has 3 heterocycles. The molecule has 1 aromatic heterocycles. The standard InChI is InChI=1S/C24H21NO6S/c1-30-24(29)18-15(14-7-6-12-4-2-3-5-13(12)10-14)11-32-22(18)25-21(26)19-16-8-9-17(31-16)20(19)23(27)28/h2-7,10-11,16-17,19-20H,8-9H2,1H3,(H,25,26)(H,27,28)/t16-,17-,19+,20+/m1/s1. The minimum atomic E-state index is -1.03. The third kappa shape index (κ3) is 3.36. The van der Waals surface area contributed by atoms with Crippen LogP contribution in [0, 0.1) is 11.8 Å². The van der Waals surface area contributed by atoms with E-state index in [1.165, 1.54) is 18.4 Å². The zero-order chi connectivity index (χ0) is 22.4. The van der Waals surface area contributed by atoms with Gasteiger partial charge in [0.15, 0.2) is 0 Å². The molecule has 1 amide bonds. The summed E-state index contributed by atoms with van der Waals surface area (Å²) in [5, 5.41) is 16.7. The number of fused-ring (bicyclic) bond motifs is 3. The van der Waals surface area contributed by atoms with E-state index < -0.39 is 41.9 Å². The third-order valence-electron chi connectivity index (χ3n) is 6.34. The molecule has 3 aromatic rings. The van der Waals surface area contributed by atoms with Gasteiger partial charge >= 0.3 is 11.9 Å². The molecular weight excluding hydrogens is 430 g/mol. The van der Waals surface area contributed by atoms with E-state index in [4.69, 9.17) is 9.47 Å². The van der Waals surface area contributed by atoms with E-state index in [1.807, 2.05) is 42.5 Å². The number of rotatable bonds is 5. The second-order valence-corrected chi connectivity index (χ2v) is 8.96. The summed E-state index contributed by atoms with van der Waals surface area (Å²) in [5.41, 5.74) is 1.74. The monoisotopic (exact) mass is 451 g/mol. The lowest BCUT2D eigenvalue weighted by Gasteiger charge is -2.23. The Morgan fingerprint density at radius 1 is 1.06 bits per heavy atom. The predicted octanol–water partition coefficient (Wildman–Crippen LogP) is 4.17. The van der Waals surface area contributed by atoms with E-state index in [2.05, 4.69) is 5.32 Å². The van der Waals surface area contributed by atoms with Crippen LogP contribution in [0.4, 0.5) is 5.00 Å². The van der Waals surface area contributed by atoms with Crippen molar-refractivity contribution in [1.29, 1.82) is 0 Å². The Kier molecular flexibility index (Phi) is 5.19. The molecule has 4 atom stereocenters. The van der Waals surface area contributed by atoms with E-state index >= 15 is 0 Å². The zero-order valence-electron chi connectivity index (χ0n) is 17.2. The van der Waals surface area contributed by atoms with Gasteiger partial charge in [0, 0.05) is 10.9 Å². The fourth-order valence-electron chi connectivity index (χ4n) is 4.84. The molecule has 2 N–H and O–H groups in total. The second-order valence-electron chi connectivity index (χ2n) is 8.08. The van der Waals surface area contributed by atoms with Crippen molar-refractivity contribution in [2.45, 2.75) is 25.0 Å². The molecule has 2 aliphatic heterocycles. The Hall–Kier alpha value is -3.23. The Balaban J connectivity index is 1.49. The SMILES string of the molecule is COC(=O)c1c(-c2ccc3ccccc3c2)csc1NC(=O)[C@@H]1[C@@H](C(=O)O)[C@H]2CC[C@H]1O2. The molecule has 7 nitrogen and oxygen atoms in total. The maximum atomic E-state index is 13.1. The molecule has 2 saturated heterocycles. The van der Waals surface area contributed by atoms with Crippen LogP contribution in [0.25, 0.3) is 21.9 Å². The highest BCUT2D eigenvalue weighted by Gasteiger charge is 2.55. The number of ether oxygens (including phenoxy) is 2. The van der Waals surface area contributed by atoms with Crippen molar-refractivity contribution < 1.29 is 29.0 Å². The lowest BCUT2D eigenvalue weighted by atomic mass is 9.79. The molecule has 2 aromatic carbocycles. The topological polar surface area (TPSA) is 102 Å². The molecule has 32 heavy (non-hydrogen) atoms. The molecule has 0 aliphatic carbocycles. The number of hydrogen-bond acceptors (Lipinski definition) is 6. The fourth-order valence-corrected chi connectivity index (χ4v) is 5.80. The van der Waals surface area contributed by atoms with E-state index in [9.17, 15) is 19.5 Å². The number of carboxylic acids is 1. The van der Waals surface area contributed by atoms with E-state index in [0.29, 0.717) is 23.4 Å². The van der Waals surface area contributed by atoms with Gasteiger partial charge in [0.05, 0.1) is 31.2 Å². The molecule has 8 heteroatoms. The van der Waals surface area contributed by atoms with Gasteiger partial charge in [0.1, 0.15) is 10.6 Å². The van der Waals surface area contributed by atoms with Crippen LogP contribution < -0.4 is 5.32 Å². The molecular formula is C24H21NO6S. The van der Waals surface area contributed by atoms with Gasteiger partial charge < -0.3 is 19.9 Å². The maximum Gasteiger partial charge on any atom is 0.341 e. The summed E-state index contributed by atoms with van der Waals surface area (Å²) in [6, 6.07) is 13.8. The first kappa shape index (κ1) is 20.7. The van der Waals surface area contributed by atoms with Crippen molar-refractivity contribution in [2.75, 3.05) is 12.4 Å². The molecule has 0 saturated carbocycles. The van der Waals surface area contributed by atoms with Crippen molar-refractivity contribution in [1.82, 2.24) is 0 Å². The van der Waals surface area contributed by atoms with Crippen molar-refractivity contribution in [3.63, 3.8) is 0 Å². The smallest absolute Gasteiger partial charge is 0.341 e. The highest BCUT2D eigenvalue weighted by atomic mass is 32.1. The number of amides is 1. The Morgan fingerprint density at radius 3 is 2.50 bits per heavy atom. The maximum absolute atomic E-state index is 13.1. The predicted molar refractivity (Wildman–Crippen MR) is 120 cm³/mol. The zero-order valence-corrected chi connectivity index (χ0v) is 18.1. The van der Waals surface area contributed by atoms with Crippen molar-refractivity contribution in [3.8, 4) is 11.1 Å². The Labute approximate surface area is 188 Å². The second kappa shape index (κ2) is 8.03. The first-order chi connectivity index (χ1) is 15.5. The molecule has 0 unspecified atom stereocenters. The molecule has 2 aliphatic rings. The van der Waals surface area contributed by atoms with Gasteiger partial charge in [-0.05, 0) is 35.2 Å². The van der Waals surface area contributed by atoms with Crippen LogP contribution in [0.3, 0.4) is 0 Å². The minimum Gasteiger partial charge on any atom is -0.481 e. The van der Waals surface area contributed by atoms with Crippen LogP contribution in [0.15, 0.2) is 47.8 Å². The van der Waals surface area contributed by atoms with E-state index in [-0.39, 0.29) is 5.56 Å². The Morgan fingerprint density at radius 2 is 1.78 bits per heavy atom. The fraction of sp³-hybridized carbons (Fsp3) is 0.292. The van der Waals surface area contributed by atoms with Crippen LogP contribution in [0.5, 0.6) is 0 Å². The lowest BCUT2D eigenvalue weighted by Crippen LogP contribution is -2.41. The van der Waals surface area contributed by atoms with Crippen molar-refractivity contribution in [3.05, 3.63) is 53.4 Å². The number of thiophene rings is 1. The first-order valence-corrected chi connectivity index (χ1v) is 11.2. The summed E-state index contributed by atoms with van der Waals surface area (Å²) in [5.74, 6) is -3.71. The molecule has 0 spiro atoms. The van der Waals surface area contributed by atoms with Gasteiger partial charge in [-0.15, -0.1) is 11.3 Å². The summed E-state index contributed by atoms with van der Waals surface area (Å²) in [6.45, 7) is 0. The summed E-state index contributed by atoms with van der Waals surface area (Å²) in [7, 11) is 1.29. The number of carbonyl (C=O) groups excluding carboxylic acids is 2. The van der Waals surface area contributed by atoms with Crippen molar-refractivity contribution in [2.24, 2.45) is 11.8 Å². The summed E-state index contributed by atoms with van der Waals surface area (Å²) in [4.78, 5) is 37.5. The number of aliphatic carboxylic acids is 1. The molecule has 0 radical (unpaired) electrons. The molecule has 5 rings (SSSR count). The van der Waals surface area contributed by atoms with Crippen LogP contribution >= 0.6 is 11.3 Å². The van der Waals surface area contributed by atoms with Crippen LogP contribution in [0.1, 0.15) is 23.2 Å². The van der Waals surface area contributed by atoms with E-state index in [1.54, 1.807) is 5.38 Å². The van der Waals surface area contributed by atoms with Gasteiger partial charge in [0.25, 0.3) is 0 Å². The van der Waals surface area contributed by atoms with Crippen LogP contribution in [-0.2, 0) is 19.1 Å². The van der Waals surface area contributed by atoms with Crippen LogP contribution in [-0.4, -0.2) is 42.3 Å². The molecule has 2 bridgehead atoms.